The molecular formula is C16H22F3N. The number of rotatable bonds is 4. The maximum atomic E-state index is 12.5. The summed E-state index contributed by atoms with van der Waals surface area (Å²) in [6, 6.07) is 5.96. The zero-order valence-electron chi connectivity index (χ0n) is 11.8. The molecular weight excluding hydrogens is 263 g/mol. The molecule has 1 saturated carbocycles. The highest BCUT2D eigenvalue weighted by Gasteiger charge is 2.29. The van der Waals surface area contributed by atoms with Crippen molar-refractivity contribution in [3.8, 4) is 0 Å². The average Bonchev–Trinajstić information content (AvgIpc) is 2.45. The molecule has 1 nitrogen and oxygen atoms in total. The summed E-state index contributed by atoms with van der Waals surface area (Å²) in [6.45, 7) is 2.88. The van der Waals surface area contributed by atoms with E-state index in [1.54, 1.807) is 12.1 Å². The normalized spacial score (nSPS) is 23.8. The molecule has 0 bridgehead atoms. The Morgan fingerprint density at radius 2 is 1.85 bits per heavy atom. The quantitative estimate of drug-likeness (QED) is 0.840. The first-order valence-electron chi connectivity index (χ1n) is 7.38. The fourth-order valence-electron chi connectivity index (χ4n) is 2.92. The zero-order chi connectivity index (χ0) is 14.6. The SMILES string of the molecule is CCC1CCCC(NCc2ccc(C(F)(F)F)cc2)C1. The van der Waals surface area contributed by atoms with Crippen molar-refractivity contribution in [1.82, 2.24) is 5.32 Å². The average molecular weight is 285 g/mol. The van der Waals surface area contributed by atoms with Crippen LogP contribution in [0, 0.1) is 5.92 Å². The molecule has 1 aliphatic carbocycles. The first-order valence-corrected chi connectivity index (χ1v) is 7.38. The minimum atomic E-state index is -4.25. The number of halogens is 3. The highest BCUT2D eigenvalue weighted by Crippen LogP contribution is 2.29. The van der Waals surface area contributed by atoms with Gasteiger partial charge in [-0.05, 0) is 36.5 Å². The van der Waals surface area contributed by atoms with Crippen molar-refractivity contribution in [2.45, 2.75) is 57.8 Å². The predicted octanol–water partition coefficient (Wildman–Crippen LogP) is 4.76. The molecule has 0 saturated heterocycles. The van der Waals surface area contributed by atoms with Crippen molar-refractivity contribution in [3.63, 3.8) is 0 Å². The van der Waals surface area contributed by atoms with E-state index in [2.05, 4.69) is 12.2 Å². The summed E-state index contributed by atoms with van der Waals surface area (Å²) >= 11 is 0. The first-order chi connectivity index (χ1) is 9.49. The van der Waals surface area contributed by atoms with Crippen LogP contribution in [0.15, 0.2) is 24.3 Å². The van der Waals surface area contributed by atoms with Crippen LogP contribution in [0.4, 0.5) is 13.2 Å². The molecule has 2 atom stereocenters. The van der Waals surface area contributed by atoms with Gasteiger partial charge in [-0.3, -0.25) is 0 Å². The van der Waals surface area contributed by atoms with Gasteiger partial charge in [0.25, 0.3) is 0 Å². The van der Waals surface area contributed by atoms with E-state index in [0.29, 0.717) is 12.6 Å². The Bertz CT molecular complexity index is 411. The summed E-state index contributed by atoms with van der Waals surface area (Å²) in [7, 11) is 0. The van der Waals surface area contributed by atoms with Gasteiger partial charge in [0, 0.05) is 12.6 Å². The third kappa shape index (κ3) is 4.23. The van der Waals surface area contributed by atoms with Crippen LogP contribution in [-0.4, -0.2) is 6.04 Å². The summed E-state index contributed by atoms with van der Waals surface area (Å²) in [6.07, 6.45) is 1.91. The number of hydrogen-bond donors (Lipinski definition) is 1. The Morgan fingerprint density at radius 1 is 1.15 bits per heavy atom. The Balaban J connectivity index is 1.85. The molecule has 0 spiro atoms. The summed E-state index contributed by atoms with van der Waals surface area (Å²) < 4.78 is 37.4. The lowest BCUT2D eigenvalue weighted by Gasteiger charge is -2.29. The third-order valence-electron chi connectivity index (χ3n) is 4.24. The zero-order valence-corrected chi connectivity index (χ0v) is 11.8. The van der Waals surface area contributed by atoms with E-state index < -0.39 is 11.7 Å². The van der Waals surface area contributed by atoms with Crippen molar-refractivity contribution >= 4 is 0 Å². The van der Waals surface area contributed by atoms with Gasteiger partial charge < -0.3 is 5.32 Å². The van der Waals surface area contributed by atoms with E-state index in [1.165, 1.54) is 32.1 Å². The molecule has 0 aliphatic heterocycles. The summed E-state index contributed by atoms with van der Waals surface area (Å²) in [5.41, 5.74) is 0.335. The second kappa shape index (κ2) is 6.61. The standard InChI is InChI=1S/C16H22F3N/c1-2-12-4-3-5-15(10-12)20-11-13-6-8-14(9-7-13)16(17,18)19/h6-9,12,15,20H,2-5,10-11H2,1H3. The lowest BCUT2D eigenvalue weighted by molar-refractivity contribution is -0.137. The molecule has 1 N–H and O–H groups in total. The maximum Gasteiger partial charge on any atom is 0.416 e. The predicted molar refractivity (Wildman–Crippen MR) is 74.3 cm³/mol. The number of nitrogens with one attached hydrogen (secondary N) is 1. The molecule has 2 unspecified atom stereocenters. The van der Waals surface area contributed by atoms with E-state index >= 15 is 0 Å². The minimum absolute atomic E-state index is 0.510. The van der Waals surface area contributed by atoms with Crippen LogP contribution in [-0.2, 0) is 12.7 Å². The molecule has 1 fully saturated rings. The van der Waals surface area contributed by atoms with Gasteiger partial charge in [-0.2, -0.15) is 13.2 Å². The van der Waals surface area contributed by atoms with Gasteiger partial charge >= 0.3 is 6.18 Å². The van der Waals surface area contributed by atoms with Gasteiger partial charge in [0.15, 0.2) is 0 Å². The lowest BCUT2D eigenvalue weighted by atomic mass is 9.84. The fourth-order valence-corrected chi connectivity index (χ4v) is 2.92. The Hall–Kier alpha value is -1.03. The lowest BCUT2D eigenvalue weighted by Crippen LogP contribution is -2.33. The molecule has 0 radical (unpaired) electrons. The number of alkyl halides is 3. The highest BCUT2D eigenvalue weighted by molar-refractivity contribution is 5.24. The van der Waals surface area contributed by atoms with E-state index in [-0.39, 0.29) is 0 Å². The van der Waals surface area contributed by atoms with Gasteiger partial charge in [0.2, 0.25) is 0 Å². The summed E-state index contributed by atoms with van der Waals surface area (Å²) in [5, 5.41) is 3.48. The van der Waals surface area contributed by atoms with Crippen LogP contribution in [0.25, 0.3) is 0 Å². The molecule has 1 aromatic rings. The Morgan fingerprint density at radius 3 is 2.45 bits per heavy atom. The molecule has 4 heteroatoms. The van der Waals surface area contributed by atoms with Gasteiger partial charge in [-0.15, -0.1) is 0 Å². The molecule has 1 aromatic carbocycles. The van der Waals surface area contributed by atoms with Gasteiger partial charge in [-0.25, -0.2) is 0 Å². The topological polar surface area (TPSA) is 12.0 Å². The Labute approximate surface area is 118 Å². The van der Waals surface area contributed by atoms with Crippen LogP contribution < -0.4 is 5.32 Å². The van der Waals surface area contributed by atoms with Crippen LogP contribution in [0.3, 0.4) is 0 Å². The molecule has 2 rings (SSSR count). The van der Waals surface area contributed by atoms with Gasteiger partial charge in [0.05, 0.1) is 5.56 Å². The van der Waals surface area contributed by atoms with Crippen molar-refractivity contribution in [2.24, 2.45) is 5.92 Å². The minimum Gasteiger partial charge on any atom is -0.310 e. The number of benzene rings is 1. The largest absolute Gasteiger partial charge is 0.416 e. The Kier molecular flexibility index (Phi) is 5.08. The molecule has 112 valence electrons. The van der Waals surface area contributed by atoms with Crippen molar-refractivity contribution in [2.75, 3.05) is 0 Å². The maximum absolute atomic E-state index is 12.5. The number of hydrogen-bond acceptors (Lipinski definition) is 1. The third-order valence-corrected chi connectivity index (χ3v) is 4.24. The van der Waals surface area contributed by atoms with Crippen molar-refractivity contribution in [3.05, 3.63) is 35.4 Å². The molecule has 20 heavy (non-hydrogen) atoms. The van der Waals surface area contributed by atoms with Crippen LogP contribution in [0.5, 0.6) is 0 Å². The molecule has 0 amide bonds. The highest BCUT2D eigenvalue weighted by atomic mass is 19.4. The summed E-state index contributed by atoms with van der Waals surface area (Å²) in [5.74, 6) is 0.800. The monoisotopic (exact) mass is 285 g/mol. The molecule has 0 heterocycles. The van der Waals surface area contributed by atoms with Gasteiger partial charge in [-0.1, -0.05) is 38.3 Å². The van der Waals surface area contributed by atoms with Crippen molar-refractivity contribution in [1.29, 1.82) is 0 Å². The van der Waals surface area contributed by atoms with Crippen molar-refractivity contribution < 1.29 is 13.2 Å². The molecule has 1 aliphatic rings. The molecule has 0 aromatic heterocycles. The second-order valence-corrected chi connectivity index (χ2v) is 5.71. The van der Waals surface area contributed by atoms with Crippen LogP contribution in [0.2, 0.25) is 0 Å². The van der Waals surface area contributed by atoms with E-state index in [0.717, 1.165) is 23.6 Å². The van der Waals surface area contributed by atoms with E-state index in [1.807, 2.05) is 0 Å². The summed E-state index contributed by atoms with van der Waals surface area (Å²) in [4.78, 5) is 0. The smallest absolute Gasteiger partial charge is 0.310 e. The first kappa shape index (κ1) is 15.4. The van der Waals surface area contributed by atoms with E-state index in [9.17, 15) is 13.2 Å². The fraction of sp³-hybridized carbons (Fsp3) is 0.625. The van der Waals surface area contributed by atoms with Crippen LogP contribution >= 0.6 is 0 Å². The van der Waals surface area contributed by atoms with Crippen LogP contribution in [0.1, 0.15) is 50.2 Å². The van der Waals surface area contributed by atoms with E-state index in [4.69, 9.17) is 0 Å². The van der Waals surface area contributed by atoms with Gasteiger partial charge in [0.1, 0.15) is 0 Å². The second-order valence-electron chi connectivity index (χ2n) is 5.71.